The normalized spacial score (nSPS) is 21.2. The average Bonchev–Trinajstić information content (AvgIpc) is 3.14. The predicted octanol–water partition coefficient (Wildman–Crippen LogP) is 6.95. The van der Waals surface area contributed by atoms with Crippen molar-refractivity contribution in [1.29, 1.82) is 0 Å². The molecule has 0 radical (unpaired) electrons. The summed E-state index contributed by atoms with van der Waals surface area (Å²) >= 11 is 1.52. The molecule has 1 N–H and O–H groups in total. The fourth-order valence-electron chi connectivity index (χ4n) is 4.65. The molecule has 0 bridgehead atoms. The van der Waals surface area contributed by atoms with E-state index in [-0.39, 0.29) is 5.41 Å². The third kappa shape index (κ3) is 6.52. The van der Waals surface area contributed by atoms with Crippen molar-refractivity contribution in [3.63, 3.8) is 0 Å². The Bertz CT molecular complexity index is 957. The molecule has 2 aromatic rings. The molecule has 1 fully saturated rings. The molecule has 5 nitrogen and oxygen atoms in total. The van der Waals surface area contributed by atoms with Gasteiger partial charge in [-0.1, -0.05) is 78.1 Å². The number of thiazole rings is 1. The van der Waals surface area contributed by atoms with E-state index in [1.54, 1.807) is 18.2 Å². The smallest absolute Gasteiger partial charge is 0.242 e. The number of ether oxygens (including phenoxy) is 1. The number of aromatic nitrogens is 1. The van der Waals surface area contributed by atoms with Gasteiger partial charge in [-0.15, -0.1) is 11.3 Å². The van der Waals surface area contributed by atoms with E-state index in [1.165, 1.54) is 62.7 Å². The molecule has 0 amide bonds. The number of unbranched alkanes of at least 4 members (excludes halogenated alkanes) is 8. The van der Waals surface area contributed by atoms with E-state index in [1.807, 2.05) is 6.92 Å². The lowest BCUT2D eigenvalue weighted by Crippen LogP contribution is -2.60. The summed E-state index contributed by atoms with van der Waals surface area (Å²) in [5.74, 6) is 0. The van der Waals surface area contributed by atoms with Gasteiger partial charge in [0.25, 0.3) is 0 Å². The molecule has 3 rings (SSSR count). The van der Waals surface area contributed by atoms with Gasteiger partial charge in [-0.2, -0.15) is 4.72 Å². The van der Waals surface area contributed by atoms with Crippen LogP contribution in [0.1, 0.15) is 95.9 Å². The number of nitrogens with zero attached hydrogens (tertiary/aromatic N) is 1. The first-order chi connectivity index (χ1) is 15.4. The lowest BCUT2D eigenvalue weighted by molar-refractivity contribution is -0.200. The van der Waals surface area contributed by atoms with Crippen molar-refractivity contribution >= 4 is 31.6 Å². The molecular weight excluding hydrogens is 440 g/mol. The topological polar surface area (TPSA) is 68.3 Å². The number of aryl methyl sites for hydroxylation is 1. The third-order valence-corrected chi connectivity index (χ3v) is 9.02. The Morgan fingerprint density at radius 3 is 2.28 bits per heavy atom. The third-order valence-electron chi connectivity index (χ3n) is 6.69. The fraction of sp³-hybridized carbons (Fsp3) is 0.720. The molecule has 0 aliphatic carbocycles. The van der Waals surface area contributed by atoms with Crippen molar-refractivity contribution in [2.75, 3.05) is 6.61 Å². The molecule has 1 aliphatic rings. The lowest BCUT2D eigenvalue weighted by Gasteiger charge is -2.49. The number of sulfonamides is 1. The standard InChI is InChI=1S/C25H40N2O3S2/c1-4-6-8-10-11-13-17-25(16-12-9-7-5-2)19-30-24(25)27-32(28,29)21-14-15-22-23(18-21)31-20(3)26-22/h14-15,18,24,27H,4-13,16-17,19H2,1-3H3. The van der Waals surface area contributed by atoms with Crippen molar-refractivity contribution in [3.8, 4) is 0 Å². The number of hydrogen-bond donors (Lipinski definition) is 1. The Hall–Kier alpha value is -1.02. The van der Waals surface area contributed by atoms with Gasteiger partial charge in [0.2, 0.25) is 10.0 Å². The van der Waals surface area contributed by atoms with Gasteiger partial charge in [-0.25, -0.2) is 13.4 Å². The van der Waals surface area contributed by atoms with Gasteiger partial charge >= 0.3 is 0 Å². The van der Waals surface area contributed by atoms with E-state index in [2.05, 4.69) is 23.6 Å². The molecule has 1 aromatic heterocycles. The molecule has 2 heterocycles. The first-order valence-electron chi connectivity index (χ1n) is 12.4. The SMILES string of the molecule is CCCCCCCCC1(CCCCCC)COC1NS(=O)(=O)c1ccc2nc(C)sc2c1. The Morgan fingerprint density at radius 1 is 1.03 bits per heavy atom. The van der Waals surface area contributed by atoms with Gasteiger partial charge in [-0.05, 0) is 38.0 Å². The zero-order chi connectivity index (χ0) is 23.0. The Balaban J connectivity index is 1.66. The Kier molecular flexibility index (Phi) is 9.53. The quantitative estimate of drug-likeness (QED) is 0.280. The second-order valence-corrected chi connectivity index (χ2v) is 12.3. The van der Waals surface area contributed by atoms with Crippen molar-refractivity contribution in [1.82, 2.24) is 9.71 Å². The van der Waals surface area contributed by atoms with Crippen LogP contribution in [0, 0.1) is 12.3 Å². The Morgan fingerprint density at radius 2 is 1.66 bits per heavy atom. The minimum absolute atomic E-state index is 0.0727. The van der Waals surface area contributed by atoms with Gasteiger partial charge in [0.1, 0.15) is 6.23 Å². The molecule has 32 heavy (non-hydrogen) atoms. The van der Waals surface area contributed by atoms with Gasteiger partial charge < -0.3 is 4.74 Å². The predicted molar refractivity (Wildman–Crippen MR) is 134 cm³/mol. The summed E-state index contributed by atoms with van der Waals surface area (Å²) in [5, 5.41) is 0.940. The first kappa shape index (κ1) is 25.6. The highest BCUT2D eigenvalue weighted by atomic mass is 32.2. The lowest BCUT2D eigenvalue weighted by atomic mass is 9.73. The summed E-state index contributed by atoms with van der Waals surface area (Å²) in [6.07, 6.45) is 13.9. The van der Waals surface area contributed by atoms with Crippen molar-refractivity contribution in [2.45, 2.75) is 109 Å². The molecule has 2 unspecified atom stereocenters. The van der Waals surface area contributed by atoms with Crippen LogP contribution in [-0.2, 0) is 14.8 Å². The minimum atomic E-state index is -3.65. The maximum absolute atomic E-state index is 13.2. The van der Waals surface area contributed by atoms with Crippen LogP contribution in [0.2, 0.25) is 0 Å². The molecule has 0 spiro atoms. The summed E-state index contributed by atoms with van der Waals surface area (Å²) in [5.41, 5.74) is 0.774. The van der Waals surface area contributed by atoms with E-state index in [9.17, 15) is 8.42 Å². The summed E-state index contributed by atoms with van der Waals surface area (Å²) < 4.78 is 36.0. The van der Waals surface area contributed by atoms with Gasteiger partial charge in [0.15, 0.2) is 0 Å². The van der Waals surface area contributed by atoms with Crippen LogP contribution >= 0.6 is 11.3 Å². The van der Waals surface area contributed by atoms with Crippen molar-refractivity contribution < 1.29 is 13.2 Å². The molecule has 1 aromatic carbocycles. The minimum Gasteiger partial charge on any atom is -0.361 e. The van der Waals surface area contributed by atoms with Crippen LogP contribution in [0.15, 0.2) is 23.1 Å². The number of rotatable bonds is 15. The van der Waals surface area contributed by atoms with E-state index in [0.29, 0.717) is 11.5 Å². The van der Waals surface area contributed by atoms with Crippen molar-refractivity contribution in [2.24, 2.45) is 5.41 Å². The summed E-state index contributed by atoms with van der Waals surface area (Å²) in [6.45, 7) is 7.06. The van der Waals surface area contributed by atoms with Crippen LogP contribution < -0.4 is 4.72 Å². The second kappa shape index (κ2) is 11.9. The zero-order valence-corrected chi connectivity index (χ0v) is 21.6. The maximum atomic E-state index is 13.2. The van der Waals surface area contributed by atoms with Crippen LogP contribution in [0.5, 0.6) is 0 Å². The van der Waals surface area contributed by atoms with Gasteiger partial charge in [-0.3, -0.25) is 0 Å². The maximum Gasteiger partial charge on any atom is 0.242 e. The Labute approximate surface area is 198 Å². The van der Waals surface area contributed by atoms with Gasteiger partial charge in [0, 0.05) is 5.41 Å². The highest BCUT2D eigenvalue weighted by Crippen LogP contribution is 2.44. The van der Waals surface area contributed by atoms with Crippen LogP contribution in [0.25, 0.3) is 10.2 Å². The van der Waals surface area contributed by atoms with Crippen LogP contribution in [0.3, 0.4) is 0 Å². The monoisotopic (exact) mass is 480 g/mol. The number of fused-ring (bicyclic) bond motifs is 1. The van der Waals surface area contributed by atoms with E-state index in [4.69, 9.17) is 4.74 Å². The highest BCUT2D eigenvalue weighted by molar-refractivity contribution is 7.89. The largest absolute Gasteiger partial charge is 0.361 e. The number of nitrogens with one attached hydrogen (secondary N) is 1. The summed E-state index contributed by atoms with van der Waals surface area (Å²) in [6, 6.07) is 5.18. The molecule has 7 heteroatoms. The number of benzene rings is 1. The first-order valence-corrected chi connectivity index (χ1v) is 14.7. The summed E-state index contributed by atoms with van der Waals surface area (Å²) in [4.78, 5) is 4.73. The fourth-order valence-corrected chi connectivity index (χ4v) is 6.85. The molecule has 2 atom stereocenters. The van der Waals surface area contributed by atoms with Crippen LogP contribution in [0.4, 0.5) is 0 Å². The van der Waals surface area contributed by atoms with Crippen molar-refractivity contribution in [3.05, 3.63) is 23.2 Å². The number of hydrogen-bond acceptors (Lipinski definition) is 5. The van der Waals surface area contributed by atoms with Crippen LogP contribution in [-0.4, -0.2) is 26.2 Å². The average molecular weight is 481 g/mol. The summed E-state index contributed by atoms with van der Waals surface area (Å²) in [7, 11) is -3.65. The molecule has 180 valence electrons. The van der Waals surface area contributed by atoms with E-state index in [0.717, 1.165) is 40.9 Å². The van der Waals surface area contributed by atoms with E-state index >= 15 is 0 Å². The molecule has 0 saturated carbocycles. The van der Waals surface area contributed by atoms with Gasteiger partial charge in [0.05, 0.1) is 26.7 Å². The molecule has 1 aliphatic heterocycles. The molecular formula is C25H40N2O3S2. The van der Waals surface area contributed by atoms with E-state index < -0.39 is 16.3 Å². The molecule has 1 saturated heterocycles. The zero-order valence-electron chi connectivity index (χ0n) is 20.0. The second-order valence-electron chi connectivity index (χ2n) is 9.37. The highest BCUT2D eigenvalue weighted by Gasteiger charge is 2.49.